The van der Waals surface area contributed by atoms with E-state index in [2.05, 4.69) is 15.0 Å². The van der Waals surface area contributed by atoms with Gasteiger partial charge in [-0.15, -0.1) is 0 Å². The molecule has 0 aliphatic carbocycles. The van der Waals surface area contributed by atoms with Gasteiger partial charge in [-0.25, -0.2) is 0 Å². The number of aliphatic imine (C=N–C) groups is 1. The monoisotopic (exact) mass is 397 g/mol. The Morgan fingerprint density at radius 1 is 1.03 bits per heavy atom. The molecule has 0 fully saturated rings. The largest absolute Gasteiger partial charge is 0.497 e. The standard InChI is InChI=1S/C23H19N5O2/c1-30-18-13-11-16(12-14-18)15-28-20-10-6-5-9-19(20)21(17-7-3-2-4-8-17)25-22(23(28)29)26-27-24/h2-14,22H,15H2,1H3. The van der Waals surface area contributed by atoms with Crippen LogP contribution in [0, 0.1) is 0 Å². The second-order valence-electron chi connectivity index (χ2n) is 6.71. The van der Waals surface area contributed by atoms with Crippen molar-refractivity contribution in [2.45, 2.75) is 12.7 Å². The van der Waals surface area contributed by atoms with Crippen LogP contribution in [0.15, 0.2) is 89.0 Å². The van der Waals surface area contributed by atoms with Gasteiger partial charge in [-0.3, -0.25) is 9.79 Å². The lowest BCUT2D eigenvalue weighted by Gasteiger charge is -2.24. The highest BCUT2D eigenvalue weighted by Gasteiger charge is 2.31. The van der Waals surface area contributed by atoms with Gasteiger partial charge in [0, 0.05) is 16.0 Å². The first-order valence-corrected chi connectivity index (χ1v) is 9.42. The predicted octanol–water partition coefficient (Wildman–Crippen LogP) is 4.72. The van der Waals surface area contributed by atoms with Gasteiger partial charge in [-0.2, -0.15) is 0 Å². The molecule has 7 nitrogen and oxygen atoms in total. The number of ether oxygens (including phenoxy) is 1. The summed E-state index contributed by atoms with van der Waals surface area (Å²) in [6.07, 6.45) is -1.18. The van der Waals surface area contributed by atoms with Crippen LogP contribution in [0.4, 0.5) is 5.69 Å². The Hall–Kier alpha value is -4.09. The molecule has 1 heterocycles. The maximum absolute atomic E-state index is 13.3. The first-order valence-electron chi connectivity index (χ1n) is 9.42. The third kappa shape index (κ3) is 3.74. The minimum atomic E-state index is -1.18. The molecule has 1 aliphatic rings. The lowest BCUT2D eigenvalue weighted by atomic mass is 10.00. The minimum absolute atomic E-state index is 0.314. The molecule has 3 aromatic rings. The first-order chi connectivity index (χ1) is 14.7. The molecule has 148 valence electrons. The van der Waals surface area contributed by atoms with Crippen molar-refractivity contribution in [1.82, 2.24) is 0 Å². The smallest absolute Gasteiger partial charge is 0.258 e. The van der Waals surface area contributed by atoms with Gasteiger partial charge in [-0.1, -0.05) is 65.8 Å². The molecule has 30 heavy (non-hydrogen) atoms. The van der Waals surface area contributed by atoms with E-state index in [1.807, 2.05) is 78.9 Å². The number of amides is 1. The highest BCUT2D eigenvalue weighted by atomic mass is 16.5. The third-order valence-electron chi connectivity index (χ3n) is 4.90. The van der Waals surface area contributed by atoms with Crippen molar-refractivity contribution < 1.29 is 9.53 Å². The van der Waals surface area contributed by atoms with Gasteiger partial charge in [0.1, 0.15) is 5.75 Å². The van der Waals surface area contributed by atoms with Crippen molar-refractivity contribution in [3.63, 3.8) is 0 Å². The van der Waals surface area contributed by atoms with Gasteiger partial charge < -0.3 is 9.64 Å². The summed E-state index contributed by atoms with van der Waals surface area (Å²) in [4.78, 5) is 22.4. The zero-order chi connectivity index (χ0) is 20.9. The van der Waals surface area contributed by atoms with Crippen LogP contribution in [0.25, 0.3) is 10.4 Å². The van der Waals surface area contributed by atoms with E-state index in [0.29, 0.717) is 12.3 Å². The van der Waals surface area contributed by atoms with Gasteiger partial charge in [-0.05, 0) is 29.3 Å². The highest BCUT2D eigenvalue weighted by Crippen LogP contribution is 2.30. The summed E-state index contributed by atoms with van der Waals surface area (Å²) in [5, 5.41) is 3.68. The van der Waals surface area contributed by atoms with Gasteiger partial charge in [0.15, 0.2) is 0 Å². The summed E-state index contributed by atoms with van der Waals surface area (Å²) < 4.78 is 5.21. The molecular weight excluding hydrogens is 378 g/mol. The number of carbonyl (C=O) groups excluding carboxylic acids is 1. The average Bonchev–Trinajstić information content (AvgIpc) is 2.91. The molecule has 0 saturated carbocycles. The van der Waals surface area contributed by atoms with Crippen molar-refractivity contribution in [3.05, 3.63) is 106 Å². The predicted molar refractivity (Wildman–Crippen MR) is 116 cm³/mol. The fraction of sp³-hybridized carbons (Fsp3) is 0.130. The van der Waals surface area contributed by atoms with Gasteiger partial charge >= 0.3 is 0 Å². The number of nitrogens with zero attached hydrogens (tertiary/aromatic N) is 5. The molecule has 1 aliphatic heterocycles. The van der Waals surface area contributed by atoms with E-state index in [4.69, 9.17) is 10.3 Å². The van der Waals surface area contributed by atoms with Crippen LogP contribution in [-0.4, -0.2) is 24.9 Å². The molecular formula is C23H19N5O2. The van der Waals surface area contributed by atoms with Crippen LogP contribution >= 0.6 is 0 Å². The van der Waals surface area contributed by atoms with Crippen molar-refractivity contribution in [1.29, 1.82) is 0 Å². The van der Waals surface area contributed by atoms with E-state index in [1.165, 1.54) is 0 Å². The van der Waals surface area contributed by atoms with E-state index < -0.39 is 6.17 Å². The van der Waals surface area contributed by atoms with E-state index in [0.717, 1.165) is 28.1 Å². The molecule has 3 aromatic carbocycles. The fourth-order valence-corrected chi connectivity index (χ4v) is 3.44. The van der Waals surface area contributed by atoms with Crippen LogP contribution in [-0.2, 0) is 11.3 Å². The summed E-state index contributed by atoms with van der Waals surface area (Å²) in [6, 6.07) is 24.7. The molecule has 1 amide bonds. The Morgan fingerprint density at radius 3 is 2.43 bits per heavy atom. The molecule has 0 aromatic heterocycles. The molecule has 4 rings (SSSR count). The zero-order valence-corrected chi connectivity index (χ0v) is 16.3. The molecule has 7 heteroatoms. The Kier molecular flexibility index (Phi) is 5.46. The number of benzodiazepines with no additional fused rings is 1. The van der Waals surface area contributed by atoms with Crippen LogP contribution in [0.1, 0.15) is 16.7 Å². The molecule has 0 bridgehead atoms. The van der Waals surface area contributed by atoms with Crippen LogP contribution in [0.2, 0.25) is 0 Å². The number of methoxy groups -OCH3 is 1. The van der Waals surface area contributed by atoms with E-state index >= 15 is 0 Å². The SMILES string of the molecule is COc1ccc(CN2C(=O)C(N=[N+]=[N-])N=C(c3ccccc3)c3ccccc32)cc1. The van der Waals surface area contributed by atoms with Gasteiger partial charge in [0.05, 0.1) is 25.1 Å². The third-order valence-corrected chi connectivity index (χ3v) is 4.90. The lowest BCUT2D eigenvalue weighted by Crippen LogP contribution is -2.36. The van der Waals surface area contributed by atoms with Crippen molar-refractivity contribution in [3.8, 4) is 5.75 Å². The van der Waals surface area contributed by atoms with Gasteiger partial charge in [0.25, 0.3) is 5.91 Å². The fourth-order valence-electron chi connectivity index (χ4n) is 3.44. The first kappa shape index (κ1) is 19.2. The minimum Gasteiger partial charge on any atom is -0.497 e. The number of hydrogen-bond donors (Lipinski definition) is 0. The van der Waals surface area contributed by atoms with Crippen molar-refractivity contribution >= 4 is 17.3 Å². The molecule has 0 N–H and O–H groups in total. The van der Waals surface area contributed by atoms with E-state index in [9.17, 15) is 4.79 Å². The summed E-state index contributed by atoms with van der Waals surface area (Å²) in [7, 11) is 1.61. The molecule has 0 radical (unpaired) electrons. The van der Waals surface area contributed by atoms with Crippen molar-refractivity contribution in [2.75, 3.05) is 12.0 Å². The maximum Gasteiger partial charge on any atom is 0.258 e. The van der Waals surface area contributed by atoms with E-state index in [-0.39, 0.29) is 5.91 Å². The summed E-state index contributed by atoms with van der Waals surface area (Å²) in [5.41, 5.74) is 13.0. The normalized spacial score (nSPS) is 15.5. The number of fused-ring (bicyclic) bond motifs is 1. The Bertz CT molecular complexity index is 1140. The molecule has 0 spiro atoms. The van der Waals surface area contributed by atoms with Crippen LogP contribution in [0.5, 0.6) is 5.75 Å². The number of rotatable bonds is 5. The zero-order valence-electron chi connectivity index (χ0n) is 16.3. The second kappa shape index (κ2) is 8.51. The number of carbonyl (C=O) groups is 1. The van der Waals surface area contributed by atoms with Crippen molar-refractivity contribution in [2.24, 2.45) is 10.1 Å². The highest BCUT2D eigenvalue weighted by molar-refractivity contribution is 6.20. The Labute approximate surface area is 173 Å². The molecule has 0 saturated heterocycles. The number of para-hydroxylation sites is 1. The molecule has 1 atom stereocenters. The number of hydrogen-bond acceptors (Lipinski definition) is 4. The number of anilines is 1. The topological polar surface area (TPSA) is 90.7 Å². The summed E-state index contributed by atoms with van der Waals surface area (Å²) >= 11 is 0. The van der Waals surface area contributed by atoms with Crippen LogP contribution < -0.4 is 9.64 Å². The van der Waals surface area contributed by atoms with Gasteiger partial charge in [0.2, 0.25) is 6.17 Å². The summed E-state index contributed by atoms with van der Waals surface area (Å²) in [6.45, 7) is 0.314. The molecule has 1 unspecified atom stereocenters. The van der Waals surface area contributed by atoms with E-state index in [1.54, 1.807) is 12.0 Å². The maximum atomic E-state index is 13.3. The Morgan fingerprint density at radius 2 is 1.73 bits per heavy atom. The number of benzene rings is 3. The van der Waals surface area contributed by atoms with Crippen LogP contribution in [0.3, 0.4) is 0 Å². The quantitative estimate of drug-likeness (QED) is 0.354. The average molecular weight is 397 g/mol. The second-order valence-corrected chi connectivity index (χ2v) is 6.71. The summed E-state index contributed by atoms with van der Waals surface area (Å²) in [5.74, 6) is 0.366. The lowest BCUT2D eigenvalue weighted by molar-refractivity contribution is -0.119. The Balaban J connectivity index is 1.84. The number of azide groups is 1.